The third kappa shape index (κ3) is 4.67. The fourth-order valence-electron chi connectivity index (χ4n) is 1.76. The first-order chi connectivity index (χ1) is 8.49. The Morgan fingerprint density at radius 1 is 1.44 bits per heavy atom. The highest BCUT2D eigenvalue weighted by Crippen LogP contribution is 2.18. The van der Waals surface area contributed by atoms with Crippen molar-refractivity contribution in [3.63, 3.8) is 0 Å². The quantitative estimate of drug-likeness (QED) is 0.839. The van der Waals surface area contributed by atoms with Crippen molar-refractivity contribution < 1.29 is 4.74 Å². The minimum absolute atomic E-state index is 0.204. The van der Waals surface area contributed by atoms with Crippen LogP contribution in [0.5, 0.6) is 0 Å². The molecular formula is C14H23BrN2O. The highest BCUT2D eigenvalue weighted by atomic mass is 79.9. The van der Waals surface area contributed by atoms with Crippen LogP contribution in [0.3, 0.4) is 0 Å². The number of hydrogen-bond donors (Lipinski definition) is 1. The zero-order valence-electron chi connectivity index (χ0n) is 11.7. The Kier molecular flexibility index (Phi) is 6.26. The van der Waals surface area contributed by atoms with Gasteiger partial charge in [-0.2, -0.15) is 0 Å². The van der Waals surface area contributed by atoms with E-state index in [0.717, 1.165) is 29.6 Å². The molecule has 1 rings (SSSR count). The zero-order chi connectivity index (χ0) is 13.6. The number of rotatable bonds is 7. The van der Waals surface area contributed by atoms with Gasteiger partial charge in [0.05, 0.1) is 5.60 Å². The first-order valence-corrected chi connectivity index (χ1v) is 7.18. The van der Waals surface area contributed by atoms with E-state index in [0.29, 0.717) is 0 Å². The average Bonchev–Trinajstić information content (AvgIpc) is 2.36. The fourth-order valence-corrected chi connectivity index (χ4v) is 2.00. The summed E-state index contributed by atoms with van der Waals surface area (Å²) in [5.41, 5.74) is 0.876. The maximum atomic E-state index is 5.59. The van der Waals surface area contributed by atoms with Crippen molar-refractivity contribution in [1.82, 2.24) is 10.3 Å². The Balaban J connectivity index is 2.74. The van der Waals surface area contributed by atoms with Gasteiger partial charge in [0.1, 0.15) is 0 Å². The standard InChI is InChI=1S/C14H23BrN2O/c1-5-8-16-13(14(2,3)18-4)9-12-7-6-11(15)10-17-12/h6-7,10,13,16H,5,8-9H2,1-4H3. The van der Waals surface area contributed by atoms with Gasteiger partial charge in [-0.1, -0.05) is 6.92 Å². The van der Waals surface area contributed by atoms with Crippen molar-refractivity contribution in [3.05, 3.63) is 28.5 Å². The molecule has 1 atom stereocenters. The SMILES string of the molecule is CCCNC(Cc1ccc(Br)cn1)C(C)(C)OC. The van der Waals surface area contributed by atoms with Crippen LogP contribution >= 0.6 is 15.9 Å². The molecule has 3 nitrogen and oxygen atoms in total. The van der Waals surface area contributed by atoms with Crippen LogP contribution in [0.15, 0.2) is 22.8 Å². The van der Waals surface area contributed by atoms with Crippen molar-refractivity contribution in [2.24, 2.45) is 0 Å². The summed E-state index contributed by atoms with van der Waals surface area (Å²) in [4.78, 5) is 4.43. The summed E-state index contributed by atoms with van der Waals surface area (Å²) in [7, 11) is 1.76. The maximum Gasteiger partial charge on any atom is 0.0778 e. The van der Waals surface area contributed by atoms with Crippen molar-refractivity contribution in [3.8, 4) is 0 Å². The van der Waals surface area contributed by atoms with Crippen LogP contribution < -0.4 is 5.32 Å². The summed E-state index contributed by atoms with van der Waals surface area (Å²) in [5, 5.41) is 3.55. The van der Waals surface area contributed by atoms with E-state index in [2.05, 4.69) is 53.1 Å². The molecule has 1 unspecified atom stereocenters. The van der Waals surface area contributed by atoms with Crippen molar-refractivity contribution >= 4 is 15.9 Å². The monoisotopic (exact) mass is 314 g/mol. The topological polar surface area (TPSA) is 34.2 Å². The van der Waals surface area contributed by atoms with E-state index in [1.165, 1.54) is 0 Å². The van der Waals surface area contributed by atoms with Crippen LogP contribution in [-0.2, 0) is 11.2 Å². The molecule has 0 aliphatic rings. The third-order valence-electron chi connectivity index (χ3n) is 3.21. The number of aromatic nitrogens is 1. The second-order valence-corrected chi connectivity index (χ2v) is 5.90. The highest BCUT2D eigenvalue weighted by Gasteiger charge is 2.29. The third-order valence-corrected chi connectivity index (χ3v) is 3.68. The van der Waals surface area contributed by atoms with Crippen LogP contribution in [0, 0.1) is 0 Å². The number of halogens is 1. The predicted molar refractivity (Wildman–Crippen MR) is 78.8 cm³/mol. The van der Waals surface area contributed by atoms with Crippen molar-refractivity contribution in [1.29, 1.82) is 0 Å². The largest absolute Gasteiger partial charge is 0.377 e. The molecule has 102 valence electrons. The lowest BCUT2D eigenvalue weighted by molar-refractivity contribution is -0.0102. The molecule has 0 radical (unpaired) electrons. The van der Waals surface area contributed by atoms with Crippen LogP contribution in [0.4, 0.5) is 0 Å². The van der Waals surface area contributed by atoms with E-state index < -0.39 is 0 Å². The van der Waals surface area contributed by atoms with Gasteiger partial charge in [0, 0.05) is 35.9 Å². The molecular weight excluding hydrogens is 292 g/mol. The molecule has 0 amide bonds. The molecule has 0 spiro atoms. The lowest BCUT2D eigenvalue weighted by Gasteiger charge is -2.33. The average molecular weight is 315 g/mol. The van der Waals surface area contributed by atoms with Crippen LogP contribution in [0.1, 0.15) is 32.9 Å². The number of hydrogen-bond acceptors (Lipinski definition) is 3. The Labute approximate surface area is 118 Å². The van der Waals surface area contributed by atoms with Gasteiger partial charge >= 0.3 is 0 Å². The lowest BCUT2D eigenvalue weighted by Crippen LogP contribution is -2.49. The molecule has 18 heavy (non-hydrogen) atoms. The normalized spacial score (nSPS) is 13.6. The van der Waals surface area contributed by atoms with Gasteiger partial charge in [-0.15, -0.1) is 0 Å². The Bertz CT molecular complexity index is 351. The molecule has 0 aromatic carbocycles. The minimum Gasteiger partial charge on any atom is -0.377 e. The van der Waals surface area contributed by atoms with Crippen LogP contribution in [0.25, 0.3) is 0 Å². The first-order valence-electron chi connectivity index (χ1n) is 6.38. The number of ether oxygens (including phenoxy) is 1. The second kappa shape index (κ2) is 7.22. The van der Waals surface area contributed by atoms with E-state index in [-0.39, 0.29) is 11.6 Å². The van der Waals surface area contributed by atoms with E-state index in [1.54, 1.807) is 7.11 Å². The number of pyridine rings is 1. The maximum absolute atomic E-state index is 5.59. The van der Waals surface area contributed by atoms with Gasteiger partial charge in [0.25, 0.3) is 0 Å². The highest BCUT2D eigenvalue weighted by molar-refractivity contribution is 9.10. The van der Waals surface area contributed by atoms with Crippen molar-refractivity contribution in [2.75, 3.05) is 13.7 Å². The van der Waals surface area contributed by atoms with Crippen LogP contribution in [-0.4, -0.2) is 30.3 Å². The smallest absolute Gasteiger partial charge is 0.0778 e. The Morgan fingerprint density at radius 3 is 2.67 bits per heavy atom. The summed E-state index contributed by atoms with van der Waals surface area (Å²) < 4.78 is 6.60. The van der Waals surface area contributed by atoms with Gasteiger partial charge in [-0.3, -0.25) is 4.98 Å². The fraction of sp³-hybridized carbons (Fsp3) is 0.643. The van der Waals surface area contributed by atoms with Gasteiger partial charge in [-0.05, 0) is 54.9 Å². The second-order valence-electron chi connectivity index (χ2n) is 4.99. The molecule has 0 aliphatic heterocycles. The molecule has 0 bridgehead atoms. The molecule has 1 aromatic rings. The summed E-state index contributed by atoms with van der Waals surface area (Å²) in [6, 6.07) is 4.34. The van der Waals surface area contributed by atoms with E-state index >= 15 is 0 Å². The Morgan fingerprint density at radius 2 is 2.17 bits per heavy atom. The summed E-state index contributed by atoms with van der Waals surface area (Å²) in [5.74, 6) is 0. The first kappa shape index (κ1) is 15.6. The molecule has 1 heterocycles. The summed E-state index contributed by atoms with van der Waals surface area (Å²) >= 11 is 3.40. The number of methoxy groups -OCH3 is 1. The predicted octanol–water partition coefficient (Wildman–Crippen LogP) is 3.18. The number of nitrogens with zero attached hydrogens (tertiary/aromatic N) is 1. The van der Waals surface area contributed by atoms with E-state index in [9.17, 15) is 0 Å². The molecule has 0 saturated heterocycles. The van der Waals surface area contributed by atoms with Crippen molar-refractivity contribution in [2.45, 2.75) is 45.3 Å². The van der Waals surface area contributed by atoms with E-state index in [1.807, 2.05) is 12.3 Å². The van der Waals surface area contributed by atoms with Gasteiger partial charge in [-0.25, -0.2) is 0 Å². The zero-order valence-corrected chi connectivity index (χ0v) is 13.3. The van der Waals surface area contributed by atoms with Crippen LogP contribution in [0.2, 0.25) is 0 Å². The molecule has 0 fully saturated rings. The Hall–Kier alpha value is -0.450. The number of nitrogens with one attached hydrogen (secondary N) is 1. The molecule has 0 saturated carbocycles. The summed E-state index contributed by atoms with van der Waals surface area (Å²) in [6.45, 7) is 7.38. The van der Waals surface area contributed by atoms with E-state index in [4.69, 9.17) is 4.74 Å². The molecule has 1 aromatic heterocycles. The molecule has 1 N–H and O–H groups in total. The van der Waals surface area contributed by atoms with Gasteiger partial charge in [0.15, 0.2) is 0 Å². The molecule has 0 aliphatic carbocycles. The summed E-state index contributed by atoms with van der Waals surface area (Å²) in [6.07, 6.45) is 3.82. The van der Waals surface area contributed by atoms with Gasteiger partial charge < -0.3 is 10.1 Å². The minimum atomic E-state index is -0.204. The molecule has 4 heteroatoms. The van der Waals surface area contributed by atoms with Gasteiger partial charge in [0.2, 0.25) is 0 Å². The lowest BCUT2D eigenvalue weighted by atomic mass is 9.94.